The molecular formula is C13H13BrClNO. The van der Waals surface area contributed by atoms with Crippen LogP contribution in [0, 0.1) is 0 Å². The van der Waals surface area contributed by atoms with Gasteiger partial charge >= 0.3 is 0 Å². The third-order valence-electron chi connectivity index (χ3n) is 2.65. The number of hydrogen-bond acceptors (Lipinski definition) is 2. The Hall–Kier alpha value is -0.770. The van der Waals surface area contributed by atoms with E-state index >= 15 is 0 Å². The maximum Gasteiger partial charge on any atom is 0.125 e. The lowest BCUT2D eigenvalue weighted by atomic mass is 10.1. The lowest BCUT2D eigenvalue weighted by Gasteiger charge is -2.12. The molecule has 2 N–H and O–H groups in total. The van der Waals surface area contributed by atoms with Gasteiger partial charge in [-0.1, -0.05) is 30.7 Å². The van der Waals surface area contributed by atoms with E-state index in [1.54, 1.807) is 0 Å². The molecule has 2 nitrogen and oxygen atoms in total. The molecule has 0 radical (unpaired) electrons. The molecule has 2 aromatic rings. The molecule has 0 saturated heterocycles. The number of halogens is 2. The first-order valence-corrected chi connectivity index (χ1v) is 6.58. The molecule has 4 heteroatoms. The van der Waals surface area contributed by atoms with Gasteiger partial charge in [0.25, 0.3) is 0 Å². The molecule has 1 heterocycles. The summed E-state index contributed by atoms with van der Waals surface area (Å²) >= 11 is 9.60. The fourth-order valence-electron chi connectivity index (χ4n) is 1.67. The van der Waals surface area contributed by atoms with Crippen molar-refractivity contribution in [1.82, 2.24) is 0 Å². The lowest BCUT2D eigenvalue weighted by Crippen LogP contribution is -2.11. The zero-order valence-corrected chi connectivity index (χ0v) is 11.8. The predicted molar refractivity (Wildman–Crippen MR) is 73.3 cm³/mol. The fourth-order valence-corrected chi connectivity index (χ4v) is 2.29. The highest BCUT2D eigenvalue weighted by molar-refractivity contribution is 9.10. The summed E-state index contributed by atoms with van der Waals surface area (Å²) in [4.78, 5) is 0. The smallest absolute Gasteiger partial charge is 0.125 e. The summed E-state index contributed by atoms with van der Waals surface area (Å²) < 4.78 is 6.49. The van der Waals surface area contributed by atoms with Crippen molar-refractivity contribution in [2.45, 2.75) is 19.4 Å². The minimum atomic E-state index is -0.333. The summed E-state index contributed by atoms with van der Waals surface area (Å²) in [6, 6.07) is 9.22. The minimum Gasteiger partial charge on any atom is -0.464 e. The van der Waals surface area contributed by atoms with Crippen LogP contribution in [0.3, 0.4) is 0 Å². The Morgan fingerprint density at radius 3 is 2.76 bits per heavy atom. The first-order valence-electron chi connectivity index (χ1n) is 5.41. The van der Waals surface area contributed by atoms with Crippen molar-refractivity contribution in [1.29, 1.82) is 0 Å². The molecule has 0 aliphatic heterocycles. The molecule has 0 fully saturated rings. The Morgan fingerprint density at radius 1 is 1.35 bits per heavy atom. The number of benzene rings is 1. The number of rotatable bonds is 3. The summed E-state index contributed by atoms with van der Waals surface area (Å²) in [6.07, 6.45) is 0.860. The van der Waals surface area contributed by atoms with E-state index in [1.807, 2.05) is 37.3 Å². The van der Waals surface area contributed by atoms with Gasteiger partial charge in [0.1, 0.15) is 11.5 Å². The maximum absolute atomic E-state index is 6.21. The molecule has 0 amide bonds. The van der Waals surface area contributed by atoms with Crippen LogP contribution in [0.25, 0.3) is 0 Å². The highest BCUT2D eigenvalue weighted by atomic mass is 79.9. The molecule has 0 spiro atoms. The van der Waals surface area contributed by atoms with Crippen LogP contribution in [-0.2, 0) is 6.42 Å². The minimum absolute atomic E-state index is 0.333. The van der Waals surface area contributed by atoms with Crippen LogP contribution in [0.4, 0.5) is 0 Å². The number of aryl methyl sites for hydroxylation is 1. The molecule has 1 aromatic carbocycles. The Balaban J connectivity index is 2.36. The Morgan fingerprint density at radius 2 is 2.12 bits per heavy atom. The van der Waals surface area contributed by atoms with Crippen LogP contribution in [-0.4, -0.2) is 0 Å². The Bertz CT molecular complexity index is 524. The summed E-state index contributed by atoms with van der Waals surface area (Å²) in [7, 11) is 0. The highest BCUT2D eigenvalue weighted by Crippen LogP contribution is 2.32. The van der Waals surface area contributed by atoms with Crippen molar-refractivity contribution in [2.75, 3.05) is 0 Å². The number of furan rings is 1. The predicted octanol–water partition coefficient (Wildman–Crippen LogP) is 4.31. The highest BCUT2D eigenvalue weighted by Gasteiger charge is 2.17. The van der Waals surface area contributed by atoms with E-state index in [9.17, 15) is 0 Å². The lowest BCUT2D eigenvalue weighted by molar-refractivity contribution is 0.454. The van der Waals surface area contributed by atoms with Gasteiger partial charge in [-0.25, -0.2) is 0 Å². The van der Waals surface area contributed by atoms with Gasteiger partial charge in [-0.3, -0.25) is 0 Å². The summed E-state index contributed by atoms with van der Waals surface area (Å²) in [5, 5.41) is 0.634. The van der Waals surface area contributed by atoms with Crippen LogP contribution in [0.1, 0.15) is 30.0 Å². The molecule has 0 aliphatic carbocycles. The second-order valence-corrected chi connectivity index (χ2v) is 5.01. The van der Waals surface area contributed by atoms with Crippen LogP contribution in [0.2, 0.25) is 5.02 Å². The molecule has 0 aliphatic rings. The zero-order valence-electron chi connectivity index (χ0n) is 9.41. The average Bonchev–Trinajstić information content (AvgIpc) is 2.80. The summed E-state index contributed by atoms with van der Waals surface area (Å²) in [5.74, 6) is 1.67. The number of nitrogens with two attached hydrogens (primary N) is 1. The van der Waals surface area contributed by atoms with E-state index in [0.717, 1.165) is 28.0 Å². The monoisotopic (exact) mass is 313 g/mol. The van der Waals surface area contributed by atoms with Crippen molar-refractivity contribution in [3.8, 4) is 0 Å². The van der Waals surface area contributed by atoms with E-state index in [0.29, 0.717) is 5.02 Å². The topological polar surface area (TPSA) is 39.2 Å². The second-order valence-electron chi connectivity index (χ2n) is 3.78. The van der Waals surface area contributed by atoms with E-state index in [2.05, 4.69) is 15.9 Å². The quantitative estimate of drug-likeness (QED) is 0.917. The van der Waals surface area contributed by atoms with Crippen molar-refractivity contribution >= 4 is 27.5 Å². The average molecular weight is 315 g/mol. The van der Waals surface area contributed by atoms with Crippen LogP contribution < -0.4 is 5.73 Å². The largest absolute Gasteiger partial charge is 0.464 e. The molecule has 90 valence electrons. The Labute approximate surface area is 114 Å². The van der Waals surface area contributed by atoms with Crippen LogP contribution in [0.15, 0.2) is 39.2 Å². The second kappa shape index (κ2) is 5.25. The molecule has 1 unspecified atom stereocenters. The van der Waals surface area contributed by atoms with E-state index in [-0.39, 0.29) is 6.04 Å². The standard InChI is InChI=1S/C13H13BrClNO/c1-2-8-6-7-11(17-8)13(16)9-4-3-5-10(14)12(9)15/h3-7,13H,2,16H2,1H3. The zero-order chi connectivity index (χ0) is 12.4. The van der Waals surface area contributed by atoms with Gasteiger partial charge in [0.05, 0.1) is 11.1 Å². The van der Waals surface area contributed by atoms with Gasteiger partial charge in [-0.05, 0) is 39.7 Å². The molecule has 17 heavy (non-hydrogen) atoms. The van der Waals surface area contributed by atoms with Crippen molar-refractivity contribution in [3.05, 3.63) is 56.9 Å². The van der Waals surface area contributed by atoms with Crippen molar-refractivity contribution in [2.24, 2.45) is 5.73 Å². The third kappa shape index (κ3) is 2.57. The first-order chi connectivity index (χ1) is 8.13. The van der Waals surface area contributed by atoms with Gasteiger partial charge in [0, 0.05) is 10.9 Å². The molecule has 1 atom stereocenters. The van der Waals surface area contributed by atoms with Gasteiger partial charge in [-0.15, -0.1) is 0 Å². The van der Waals surface area contributed by atoms with Crippen LogP contribution in [0.5, 0.6) is 0 Å². The summed E-state index contributed by atoms with van der Waals surface area (Å²) in [6.45, 7) is 2.04. The van der Waals surface area contributed by atoms with Gasteiger partial charge in [0.2, 0.25) is 0 Å². The third-order valence-corrected chi connectivity index (χ3v) is 3.96. The fraction of sp³-hybridized carbons (Fsp3) is 0.231. The molecule has 0 saturated carbocycles. The number of hydrogen-bond donors (Lipinski definition) is 1. The van der Waals surface area contributed by atoms with E-state index in [4.69, 9.17) is 21.8 Å². The van der Waals surface area contributed by atoms with Gasteiger partial charge < -0.3 is 10.2 Å². The van der Waals surface area contributed by atoms with Gasteiger partial charge in [-0.2, -0.15) is 0 Å². The van der Waals surface area contributed by atoms with Crippen molar-refractivity contribution < 1.29 is 4.42 Å². The first kappa shape index (κ1) is 12.7. The normalized spacial score (nSPS) is 12.7. The molecule has 2 rings (SSSR count). The maximum atomic E-state index is 6.21. The summed E-state index contributed by atoms with van der Waals surface area (Å²) in [5.41, 5.74) is 7.01. The van der Waals surface area contributed by atoms with Crippen LogP contribution >= 0.6 is 27.5 Å². The van der Waals surface area contributed by atoms with Gasteiger partial charge in [0.15, 0.2) is 0 Å². The SMILES string of the molecule is CCc1ccc(C(N)c2cccc(Br)c2Cl)o1. The van der Waals surface area contributed by atoms with E-state index in [1.165, 1.54) is 0 Å². The molecule has 0 bridgehead atoms. The molecular weight excluding hydrogens is 302 g/mol. The Kier molecular flexibility index (Phi) is 3.92. The molecule has 1 aromatic heterocycles. The van der Waals surface area contributed by atoms with Crippen molar-refractivity contribution in [3.63, 3.8) is 0 Å². The van der Waals surface area contributed by atoms with E-state index < -0.39 is 0 Å².